The van der Waals surface area contributed by atoms with Gasteiger partial charge in [-0.3, -0.25) is 0 Å². The first-order valence-corrected chi connectivity index (χ1v) is 21.4. The largest absolute Gasteiger partial charge is 0.443 e. The Morgan fingerprint density at radius 3 is 1.31 bits per heavy atom. The fourth-order valence-electron chi connectivity index (χ4n) is 11.7. The smallest absolute Gasteiger partial charge is 0.341 e. The summed E-state index contributed by atoms with van der Waals surface area (Å²) < 4.78 is 153. The van der Waals surface area contributed by atoms with Gasteiger partial charge in [0.25, 0.3) is 11.6 Å². The van der Waals surface area contributed by atoms with Gasteiger partial charge in [-0.1, -0.05) is 27.7 Å². The number of alkyl halides is 6. The maximum Gasteiger partial charge on any atom is 0.443 e. The van der Waals surface area contributed by atoms with Crippen LogP contribution >= 0.6 is 0 Å². The van der Waals surface area contributed by atoms with E-state index in [4.69, 9.17) is 48.0 Å². The molecule has 8 saturated heterocycles. The summed E-state index contributed by atoms with van der Waals surface area (Å²) in [5, 5.41) is 0. The van der Waals surface area contributed by atoms with Crippen LogP contribution in [0.4, 0.5) is 26.3 Å². The van der Waals surface area contributed by atoms with E-state index in [2.05, 4.69) is 0 Å². The molecule has 16 atom stereocenters. The SMILES string of the molecule is C[C@@H]1CC[C@H]2[C@@H](C)[C@](OCCS(=O)(=O)CCO[C@@]3(C(F)(F)F)O[C@@H]4O[C@]5(C)CC[C@H]6[C@H](C)CC[C@@H]([C@H]3C)[C@@]46OO5)(C(F)(F)F)O[C@@H]3O[C@]4(C)CC[C@@H]1[C@]32OO4. The summed E-state index contributed by atoms with van der Waals surface area (Å²) in [4.78, 5) is 23.3. The molecule has 4 bridgehead atoms. The summed E-state index contributed by atoms with van der Waals surface area (Å²) in [7, 11) is -4.36. The van der Waals surface area contributed by atoms with Crippen LogP contribution in [-0.2, 0) is 57.8 Å². The van der Waals surface area contributed by atoms with Gasteiger partial charge >= 0.3 is 12.4 Å². The van der Waals surface area contributed by atoms with Crippen LogP contribution in [0.1, 0.15) is 92.9 Å². The molecule has 8 aliphatic heterocycles. The highest BCUT2D eigenvalue weighted by Gasteiger charge is 2.79. The van der Waals surface area contributed by atoms with E-state index >= 15 is 26.3 Å². The van der Waals surface area contributed by atoms with Crippen LogP contribution in [0.3, 0.4) is 0 Å². The molecule has 2 spiro atoms. The van der Waals surface area contributed by atoms with Gasteiger partial charge in [-0.15, -0.1) is 0 Å². The Balaban J connectivity index is 0.981. The molecule has 316 valence electrons. The van der Waals surface area contributed by atoms with Gasteiger partial charge in [0.15, 0.2) is 33.6 Å². The third kappa shape index (κ3) is 5.92. The maximum atomic E-state index is 15.2. The number of sulfone groups is 1. The molecule has 10 rings (SSSR count). The molecule has 0 radical (unpaired) electrons. The van der Waals surface area contributed by atoms with Crippen LogP contribution in [0, 0.1) is 47.3 Å². The van der Waals surface area contributed by atoms with Crippen molar-refractivity contribution >= 4 is 9.84 Å². The zero-order valence-corrected chi connectivity index (χ0v) is 32.7. The highest BCUT2D eigenvalue weighted by molar-refractivity contribution is 7.91. The summed E-state index contributed by atoms with van der Waals surface area (Å²) in [6.07, 6.45) is -9.56. The second-order valence-electron chi connectivity index (χ2n) is 17.8. The van der Waals surface area contributed by atoms with Crippen LogP contribution in [0.15, 0.2) is 0 Å². The molecule has 19 heteroatoms. The molecule has 12 nitrogen and oxygen atoms in total. The molecular formula is C36H52F6O12S. The first kappa shape index (κ1) is 40.9. The van der Waals surface area contributed by atoms with Crippen LogP contribution < -0.4 is 0 Å². The molecule has 8 heterocycles. The van der Waals surface area contributed by atoms with Crippen molar-refractivity contribution in [2.24, 2.45) is 47.3 Å². The Morgan fingerprint density at radius 2 is 0.945 bits per heavy atom. The van der Waals surface area contributed by atoms with Crippen LogP contribution in [0.5, 0.6) is 0 Å². The zero-order chi connectivity index (χ0) is 39.8. The number of rotatable bonds is 8. The van der Waals surface area contributed by atoms with E-state index < -0.39 is 118 Å². The van der Waals surface area contributed by atoms with Crippen molar-refractivity contribution < 1.29 is 82.7 Å². The molecule has 0 N–H and O–H groups in total. The molecule has 0 aromatic carbocycles. The van der Waals surface area contributed by atoms with Gasteiger partial charge in [0.2, 0.25) is 11.6 Å². The average molecular weight is 823 g/mol. The van der Waals surface area contributed by atoms with E-state index in [0.717, 1.165) is 0 Å². The lowest BCUT2D eigenvalue weighted by Crippen LogP contribution is -2.76. The molecule has 0 unspecified atom stereocenters. The van der Waals surface area contributed by atoms with E-state index in [1.165, 1.54) is 13.8 Å². The average Bonchev–Trinajstić information content (AvgIpc) is 3.45. The maximum absolute atomic E-state index is 15.2. The Kier molecular flexibility index (Phi) is 9.71. The van der Waals surface area contributed by atoms with Gasteiger partial charge in [0, 0.05) is 36.5 Å². The molecule has 2 aliphatic carbocycles. The van der Waals surface area contributed by atoms with E-state index in [1.54, 1.807) is 13.8 Å². The van der Waals surface area contributed by atoms with Crippen molar-refractivity contribution in [1.29, 1.82) is 0 Å². The second kappa shape index (κ2) is 13.1. The Hall–Kier alpha value is -0.870. The molecule has 0 amide bonds. The minimum absolute atomic E-state index is 0.0807. The number of ether oxygens (including phenoxy) is 6. The van der Waals surface area contributed by atoms with E-state index in [9.17, 15) is 8.42 Å². The first-order valence-electron chi connectivity index (χ1n) is 19.5. The van der Waals surface area contributed by atoms with Crippen molar-refractivity contribution in [2.45, 2.75) is 152 Å². The Bertz CT molecular complexity index is 1490. The fraction of sp³-hybridized carbons (Fsp3) is 1.00. The van der Waals surface area contributed by atoms with Crippen molar-refractivity contribution in [1.82, 2.24) is 0 Å². The molecule has 10 fully saturated rings. The number of hydrogen-bond acceptors (Lipinski definition) is 12. The van der Waals surface area contributed by atoms with Crippen LogP contribution in [-0.4, -0.2) is 92.4 Å². The Labute approximate surface area is 316 Å². The number of fused-ring (bicyclic) bond motifs is 4. The lowest BCUT2D eigenvalue weighted by atomic mass is 9.57. The molecular weight excluding hydrogens is 770 g/mol. The van der Waals surface area contributed by atoms with E-state index in [1.807, 2.05) is 13.8 Å². The normalized spacial score (nSPS) is 52.2. The van der Waals surface area contributed by atoms with E-state index in [-0.39, 0.29) is 23.7 Å². The standard InChI is InChI=1S/C36H52F6O12S/c1-19-7-9-25-21(3)33(35(37,38)39,49-27-31(25)23(19)11-13-29(5,47-27)51-53-31)45-15-17-55(43,44)18-16-46-34(36(40,41)42)22(4)26-10-8-20(2)24-12-14-30(6)48-28(50-34)32(24,26)54-52-30/h19-28H,7-18H2,1-6H3/t19-,20-,21-,22-,23+,24+,25+,26+,27+,28+,29+,30+,31-,32-,33-,34-/m1/s1. The van der Waals surface area contributed by atoms with Gasteiger partial charge in [0.1, 0.15) is 0 Å². The summed E-state index contributed by atoms with van der Waals surface area (Å²) >= 11 is 0. The highest BCUT2D eigenvalue weighted by Crippen LogP contribution is 2.66. The molecule has 10 aliphatic rings. The third-order valence-electron chi connectivity index (χ3n) is 14.7. The number of hydrogen-bond donors (Lipinski definition) is 0. The predicted octanol–water partition coefficient (Wildman–Crippen LogP) is 6.72. The van der Waals surface area contributed by atoms with E-state index in [0.29, 0.717) is 51.4 Å². The molecule has 2 saturated carbocycles. The lowest BCUT2D eigenvalue weighted by molar-refractivity contribution is -0.598. The summed E-state index contributed by atoms with van der Waals surface area (Å²) in [6, 6.07) is 0. The minimum Gasteiger partial charge on any atom is -0.341 e. The van der Waals surface area contributed by atoms with Gasteiger partial charge < -0.3 is 28.4 Å². The van der Waals surface area contributed by atoms with Crippen molar-refractivity contribution in [3.63, 3.8) is 0 Å². The minimum atomic E-state index is -5.14. The van der Waals surface area contributed by atoms with Gasteiger partial charge in [-0.2, -0.15) is 26.3 Å². The predicted molar refractivity (Wildman–Crippen MR) is 174 cm³/mol. The van der Waals surface area contributed by atoms with Crippen LogP contribution in [0.25, 0.3) is 0 Å². The lowest BCUT2D eigenvalue weighted by Gasteiger charge is -2.62. The summed E-state index contributed by atoms with van der Waals surface area (Å²) in [5.41, 5.74) is -2.67. The van der Waals surface area contributed by atoms with Gasteiger partial charge in [0.05, 0.1) is 24.7 Å². The third-order valence-corrected chi connectivity index (χ3v) is 16.3. The van der Waals surface area contributed by atoms with Crippen molar-refractivity contribution in [3.05, 3.63) is 0 Å². The molecule has 55 heavy (non-hydrogen) atoms. The van der Waals surface area contributed by atoms with Crippen LogP contribution in [0.2, 0.25) is 0 Å². The zero-order valence-electron chi connectivity index (χ0n) is 31.8. The monoisotopic (exact) mass is 822 g/mol. The fourth-order valence-corrected chi connectivity index (χ4v) is 12.6. The topological polar surface area (TPSA) is 126 Å². The van der Waals surface area contributed by atoms with Crippen molar-refractivity contribution in [3.8, 4) is 0 Å². The number of halogens is 6. The first-order chi connectivity index (χ1) is 25.5. The quantitative estimate of drug-likeness (QED) is 0.191. The van der Waals surface area contributed by atoms with Gasteiger partial charge in [-0.25, -0.2) is 28.0 Å². The van der Waals surface area contributed by atoms with Crippen molar-refractivity contribution in [2.75, 3.05) is 24.7 Å². The summed E-state index contributed by atoms with van der Waals surface area (Å²) in [6.45, 7) is 7.87. The molecule has 0 aromatic rings. The van der Waals surface area contributed by atoms with Gasteiger partial charge in [-0.05, 0) is 76.0 Å². The second-order valence-corrected chi connectivity index (χ2v) is 20.1. The highest BCUT2D eigenvalue weighted by atomic mass is 32.2. The summed E-state index contributed by atoms with van der Waals surface area (Å²) in [5.74, 6) is -15.8. The Morgan fingerprint density at radius 1 is 0.564 bits per heavy atom. The molecule has 0 aromatic heterocycles.